The zero-order valence-corrected chi connectivity index (χ0v) is 19.8. The molecule has 1 saturated heterocycles. The number of morpholine rings is 1. The first-order valence-electron chi connectivity index (χ1n) is 11.5. The summed E-state index contributed by atoms with van der Waals surface area (Å²) in [5, 5.41) is 0. The molecule has 2 aliphatic rings. The highest BCUT2D eigenvalue weighted by Crippen LogP contribution is 2.42. The van der Waals surface area contributed by atoms with Crippen LogP contribution in [-0.4, -0.2) is 49.6 Å². The average molecular weight is 475 g/mol. The number of hydrogen-bond donors (Lipinski definition) is 0. The number of carbonyl (C=O) groups excluding carboxylic acids is 2. The summed E-state index contributed by atoms with van der Waals surface area (Å²) in [6.07, 6.45) is 0. The Bertz CT molecular complexity index is 1210. The van der Waals surface area contributed by atoms with Gasteiger partial charge < -0.3 is 19.3 Å². The quantitative estimate of drug-likeness (QED) is 0.528. The van der Waals surface area contributed by atoms with Crippen molar-refractivity contribution in [1.29, 1.82) is 0 Å². The van der Waals surface area contributed by atoms with E-state index >= 15 is 0 Å². The van der Waals surface area contributed by atoms with Crippen LogP contribution in [-0.2, 0) is 11.3 Å². The molecule has 7 heteroatoms. The lowest BCUT2D eigenvalue weighted by atomic mass is 10.1. The molecule has 0 bridgehead atoms. The van der Waals surface area contributed by atoms with Crippen molar-refractivity contribution >= 4 is 29.3 Å². The zero-order valence-electron chi connectivity index (χ0n) is 19.0. The normalized spacial score (nSPS) is 15.4. The van der Waals surface area contributed by atoms with Crippen molar-refractivity contribution in [3.05, 3.63) is 83.4 Å². The van der Waals surface area contributed by atoms with Crippen molar-refractivity contribution in [1.82, 2.24) is 4.90 Å². The van der Waals surface area contributed by atoms with Gasteiger partial charge in [0.1, 0.15) is 5.75 Å². The van der Waals surface area contributed by atoms with Crippen molar-refractivity contribution in [3.63, 3.8) is 0 Å². The lowest BCUT2D eigenvalue weighted by molar-refractivity contribution is 0.0303. The minimum Gasteiger partial charge on any atom is -0.494 e. The Morgan fingerprint density at radius 2 is 1.76 bits per heavy atom. The van der Waals surface area contributed by atoms with Gasteiger partial charge in [0.05, 0.1) is 37.6 Å². The molecule has 2 aliphatic heterocycles. The maximum absolute atomic E-state index is 13.7. The number of nitrogens with zero attached hydrogens (tertiary/aromatic N) is 2. The summed E-state index contributed by atoms with van der Waals surface area (Å²) in [5.74, 6) is 0.686. The third-order valence-corrected chi connectivity index (χ3v) is 7.09. The molecule has 0 saturated carbocycles. The monoisotopic (exact) mass is 474 g/mol. The summed E-state index contributed by atoms with van der Waals surface area (Å²) in [7, 11) is 0. The molecular formula is C27H26N2O4S. The van der Waals surface area contributed by atoms with E-state index in [1.807, 2.05) is 78.6 Å². The van der Waals surface area contributed by atoms with Crippen LogP contribution in [0.2, 0.25) is 0 Å². The van der Waals surface area contributed by atoms with Gasteiger partial charge in [0.25, 0.3) is 11.8 Å². The highest BCUT2D eigenvalue weighted by molar-refractivity contribution is 7.99. The minimum atomic E-state index is -0.0771. The van der Waals surface area contributed by atoms with Crippen molar-refractivity contribution in [2.24, 2.45) is 0 Å². The highest BCUT2D eigenvalue weighted by atomic mass is 32.2. The van der Waals surface area contributed by atoms with Crippen molar-refractivity contribution in [3.8, 4) is 5.75 Å². The smallest absolute Gasteiger partial charge is 0.259 e. The average Bonchev–Trinajstić information content (AvgIpc) is 2.99. The zero-order chi connectivity index (χ0) is 23.5. The van der Waals surface area contributed by atoms with Crippen molar-refractivity contribution < 1.29 is 19.1 Å². The summed E-state index contributed by atoms with van der Waals surface area (Å²) in [4.78, 5) is 32.4. The fourth-order valence-electron chi connectivity index (χ4n) is 4.20. The molecule has 34 heavy (non-hydrogen) atoms. The molecule has 174 valence electrons. The first-order chi connectivity index (χ1) is 16.6. The fraction of sp³-hybridized carbons (Fsp3) is 0.259. The van der Waals surface area contributed by atoms with Crippen LogP contribution in [0.15, 0.2) is 76.5 Å². The van der Waals surface area contributed by atoms with E-state index < -0.39 is 0 Å². The first-order valence-corrected chi connectivity index (χ1v) is 12.3. The van der Waals surface area contributed by atoms with E-state index in [0.717, 1.165) is 26.8 Å². The molecule has 0 aromatic heterocycles. The molecule has 0 aliphatic carbocycles. The molecule has 1 fully saturated rings. The highest BCUT2D eigenvalue weighted by Gasteiger charge is 2.29. The molecule has 0 N–H and O–H groups in total. The number of carbonyl (C=O) groups is 2. The second-order valence-electron chi connectivity index (χ2n) is 8.15. The van der Waals surface area contributed by atoms with Gasteiger partial charge in [0, 0.05) is 28.4 Å². The number of hydrogen-bond acceptors (Lipinski definition) is 5. The van der Waals surface area contributed by atoms with Crippen LogP contribution in [0, 0.1) is 0 Å². The van der Waals surface area contributed by atoms with Crippen LogP contribution in [0.1, 0.15) is 33.2 Å². The van der Waals surface area contributed by atoms with Crippen LogP contribution in [0.4, 0.5) is 5.69 Å². The Balaban J connectivity index is 1.53. The second-order valence-corrected chi connectivity index (χ2v) is 9.24. The molecule has 6 nitrogen and oxygen atoms in total. The molecule has 5 rings (SSSR count). The molecule has 0 spiro atoms. The maximum atomic E-state index is 13.7. The number of benzene rings is 3. The van der Waals surface area contributed by atoms with Crippen LogP contribution in [0.25, 0.3) is 0 Å². The summed E-state index contributed by atoms with van der Waals surface area (Å²) >= 11 is 1.56. The van der Waals surface area contributed by atoms with Crippen molar-refractivity contribution in [2.45, 2.75) is 23.3 Å². The van der Waals surface area contributed by atoms with Crippen LogP contribution < -0.4 is 9.64 Å². The van der Waals surface area contributed by atoms with E-state index in [0.29, 0.717) is 50.6 Å². The number of amides is 2. The molecule has 3 aromatic rings. The first kappa shape index (κ1) is 22.5. The van der Waals surface area contributed by atoms with Gasteiger partial charge in [-0.05, 0) is 55.0 Å². The van der Waals surface area contributed by atoms with Crippen LogP contribution in [0.3, 0.4) is 0 Å². The van der Waals surface area contributed by atoms with Gasteiger partial charge in [0.2, 0.25) is 0 Å². The van der Waals surface area contributed by atoms with Gasteiger partial charge >= 0.3 is 0 Å². The van der Waals surface area contributed by atoms with Gasteiger partial charge in [-0.25, -0.2) is 0 Å². The van der Waals surface area contributed by atoms with E-state index in [1.165, 1.54) is 0 Å². The van der Waals surface area contributed by atoms with E-state index in [-0.39, 0.29) is 11.8 Å². The predicted octanol–water partition coefficient (Wildman–Crippen LogP) is 4.87. The van der Waals surface area contributed by atoms with Gasteiger partial charge in [-0.15, -0.1) is 0 Å². The summed E-state index contributed by atoms with van der Waals surface area (Å²) < 4.78 is 11.0. The minimum absolute atomic E-state index is 0.0358. The van der Waals surface area contributed by atoms with E-state index in [1.54, 1.807) is 16.7 Å². The summed E-state index contributed by atoms with van der Waals surface area (Å²) in [6.45, 7) is 5.18. The summed E-state index contributed by atoms with van der Waals surface area (Å²) in [5.41, 5.74) is 2.98. The Hall–Kier alpha value is -3.29. The molecule has 3 aromatic carbocycles. The van der Waals surface area contributed by atoms with Gasteiger partial charge in [-0.3, -0.25) is 9.59 Å². The Kier molecular flexibility index (Phi) is 6.56. The maximum Gasteiger partial charge on any atom is 0.259 e. The second kappa shape index (κ2) is 9.91. The largest absolute Gasteiger partial charge is 0.494 e. The van der Waals surface area contributed by atoms with Gasteiger partial charge in [-0.2, -0.15) is 0 Å². The SMILES string of the molecule is CCOc1ccc(CN2C(=O)c3ccccc3Sc3ccc(C(=O)N4CCOCC4)cc32)cc1. The number of fused-ring (bicyclic) bond motifs is 2. The number of anilines is 1. The van der Waals surface area contributed by atoms with E-state index in [2.05, 4.69) is 0 Å². The molecule has 0 atom stereocenters. The number of rotatable bonds is 5. The standard InChI is InChI=1S/C27H26N2O4S/c1-2-33-21-10-7-19(8-11-21)18-29-23-17-20(26(30)28-13-15-32-16-14-28)9-12-25(23)34-24-6-4-3-5-22(24)27(29)31/h3-12,17H,2,13-16,18H2,1H3. The topological polar surface area (TPSA) is 59.1 Å². The Morgan fingerprint density at radius 1 is 1.00 bits per heavy atom. The lowest BCUT2D eigenvalue weighted by Crippen LogP contribution is -2.40. The van der Waals surface area contributed by atoms with Gasteiger partial charge in [-0.1, -0.05) is 36.0 Å². The van der Waals surface area contributed by atoms with Crippen molar-refractivity contribution in [2.75, 3.05) is 37.8 Å². The third-order valence-electron chi connectivity index (χ3n) is 5.95. The molecular weight excluding hydrogens is 448 g/mol. The Labute approximate surface area is 203 Å². The third kappa shape index (κ3) is 4.54. The van der Waals surface area contributed by atoms with Gasteiger partial charge in [0.15, 0.2) is 0 Å². The van der Waals surface area contributed by atoms with E-state index in [4.69, 9.17) is 9.47 Å². The molecule has 2 heterocycles. The number of ether oxygens (including phenoxy) is 2. The molecule has 2 amide bonds. The van der Waals surface area contributed by atoms with Crippen LogP contribution >= 0.6 is 11.8 Å². The molecule has 0 unspecified atom stereocenters. The fourth-order valence-corrected chi connectivity index (χ4v) is 5.26. The van der Waals surface area contributed by atoms with Crippen LogP contribution in [0.5, 0.6) is 5.75 Å². The summed E-state index contributed by atoms with van der Waals surface area (Å²) in [6, 6.07) is 21.1. The molecule has 0 radical (unpaired) electrons. The Morgan fingerprint density at radius 3 is 2.53 bits per heavy atom. The van der Waals surface area contributed by atoms with E-state index in [9.17, 15) is 9.59 Å². The predicted molar refractivity (Wildman–Crippen MR) is 132 cm³/mol. The lowest BCUT2D eigenvalue weighted by Gasteiger charge is -2.28.